The maximum absolute atomic E-state index is 12.6. The van der Waals surface area contributed by atoms with E-state index in [4.69, 9.17) is 11.6 Å². The van der Waals surface area contributed by atoms with E-state index < -0.39 is 10.0 Å². The molecule has 100 valence electrons. The van der Waals surface area contributed by atoms with Gasteiger partial charge in [-0.1, -0.05) is 29.8 Å². The van der Waals surface area contributed by atoms with Crippen LogP contribution in [0, 0.1) is 0 Å². The number of para-hydroxylation sites is 1. The minimum Gasteiger partial charge on any atom is -0.267 e. The van der Waals surface area contributed by atoms with Crippen molar-refractivity contribution in [3.8, 4) is 0 Å². The van der Waals surface area contributed by atoms with Gasteiger partial charge in [-0.2, -0.15) is 0 Å². The molecule has 0 unspecified atom stereocenters. The highest BCUT2D eigenvalue weighted by atomic mass is 35.5. The van der Waals surface area contributed by atoms with Crippen molar-refractivity contribution in [3.05, 3.63) is 53.8 Å². The van der Waals surface area contributed by atoms with Crippen LogP contribution in [0.25, 0.3) is 0 Å². The zero-order valence-electron chi connectivity index (χ0n) is 10.3. The summed E-state index contributed by atoms with van der Waals surface area (Å²) >= 11 is 5.88. The molecule has 0 spiro atoms. The summed E-state index contributed by atoms with van der Waals surface area (Å²) in [6, 6.07) is 11.9. The fraction of sp³-hybridized carbons (Fsp3) is 0.154. The average molecular weight is 297 g/mol. The number of aromatic nitrogens is 1. The van der Waals surface area contributed by atoms with E-state index in [9.17, 15) is 8.42 Å². The molecule has 0 radical (unpaired) electrons. The number of nitrogens with zero attached hydrogens (tertiary/aromatic N) is 2. The maximum Gasteiger partial charge on any atom is 0.267 e. The average Bonchev–Trinajstić information content (AvgIpc) is 2.40. The minimum absolute atomic E-state index is 0.0161. The minimum atomic E-state index is -3.70. The molecule has 0 aliphatic heterocycles. The fourth-order valence-electron chi connectivity index (χ4n) is 1.77. The van der Waals surface area contributed by atoms with Gasteiger partial charge in [0.05, 0.1) is 5.69 Å². The summed E-state index contributed by atoms with van der Waals surface area (Å²) in [5.41, 5.74) is 0.602. The first kappa shape index (κ1) is 13.8. The highest BCUT2D eigenvalue weighted by Gasteiger charge is 2.26. The molecular weight excluding hydrogens is 284 g/mol. The smallest absolute Gasteiger partial charge is 0.267 e. The van der Waals surface area contributed by atoms with Crippen molar-refractivity contribution in [3.63, 3.8) is 0 Å². The van der Waals surface area contributed by atoms with Crippen LogP contribution in [0.15, 0.2) is 53.6 Å². The van der Waals surface area contributed by atoms with E-state index >= 15 is 0 Å². The van der Waals surface area contributed by atoms with E-state index in [0.29, 0.717) is 12.2 Å². The first-order valence-corrected chi connectivity index (χ1v) is 7.57. The number of rotatable bonds is 4. The summed E-state index contributed by atoms with van der Waals surface area (Å²) in [7, 11) is -3.70. The summed E-state index contributed by atoms with van der Waals surface area (Å²) in [6.45, 7) is 2.09. The standard InChI is InChI=1S/C13H13ClN2O2S/c1-2-16(11-7-4-3-5-8-11)19(17,18)12-9-6-10-15-13(12)14/h3-10H,2H2,1H3. The molecule has 1 heterocycles. The van der Waals surface area contributed by atoms with Gasteiger partial charge < -0.3 is 0 Å². The summed E-state index contributed by atoms with van der Waals surface area (Å²) in [6.07, 6.45) is 1.46. The summed E-state index contributed by atoms with van der Waals surface area (Å²) < 4.78 is 26.5. The van der Waals surface area contributed by atoms with Crippen LogP contribution < -0.4 is 4.31 Å². The molecule has 0 aliphatic rings. The van der Waals surface area contributed by atoms with E-state index in [1.54, 1.807) is 37.3 Å². The summed E-state index contributed by atoms with van der Waals surface area (Å²) in [5.74, 6) is 0. The molecule has 2 aromatic rings. The third kappa shape index (κ3) is 2.72. The number of hydrogen-bond acceptors (Lipinski definition) is 3. The lowest BCUT2D eigenvalue weighted by molar-refractivity contribution is 0.591. The van der Waals surface area contributed by atoms with Gasteiger partial charge in [0.2, 0.25) is 0 Å². The van der Waals surface area contributed by atoms with Crippen LogP contribution in [0.1, 0.15) is 6.92 Å². The van der Waals surface area contributed by atoms with E-state index in [2.05, 4.69) is 4.98 Å². The van der Waals surface area contributed by atoms with E-state index in [1.165, 1.54) is 16.6 Å². The van der Waals surface area contributed by atoms with Gasteiger partial charge in [0, 0.05) is 12.7 Å². The second-order valence-electron chi connectivity index (χ2n) is 3.80. The zero-order chi connectivity index (χ0) is 13.9. The van der Waals surface area contributed by atoms with Gasteiger partial charge in [-0.15, -0.1) is 0 Å². The fourth-order valence-corrected chi connectivity index (χ4v) is 3.67. The lowest BCUT2D eigenvalue weighted by Crippen LogP contribution is -2.31. The molecule has 6 heteroatoms. The Morgan fingerprint density at radius 3 is 2.42 bits per heavy atom. The van der Waals surface area contributed by atoms with Gasteiger partial charge in [-0.3, -0.25) is 4.31 Å². The third-order valence-electron chi connectivity index (χ3n) is 2.62. The van der Waals surface area contributed by atoms with Crippen LogP contribution in [-0.2, 0) is 10.0 Å². The molecule has 0 saturated carbocycles. The molecule has 1 aromatic carbocycles. The largest absolute Gasteiger partial charge is 0.267 e. The zero-order valence-corrected chi connectivity index (χ0v) is 11.9. The molecule has 0 saturated heterocycles. The second-order valence-corrected chi connectivity index (χ2v) is 5.99. The maximum atomic E-state index is 12.6. The van der Waals surface area contributed by atoms with Crippen LogP contribution in [0.3, 0.4) is 0 Å². The molecule has 4 nitrogen and oxygen atoms in total. The van der Waals surface area contributed by atoms with Gasteiger partial charge in [0.25, 0.3) is 10.0 Å². The molecule has 0 atom stereocenters. The number of hydrogen-bond donors (Lipinski definition) is 0. The van der Waals surface area contributed by atoms with Crippen LogP contribution in [0.5, 0.6) is 0 Å². The number of benzene rings is 1. The van der Waals surface area contributed by atoms with Gasteiger partial charge in [-0.25, -0.2) is 13.4 Å². The van der Waals surface area contributed by atoms with Gasteiger partial charge in [0.1, 0.15) is 10.0 Å². The predicted molar refractivity (Wildman–Crippen MR) is 75.9 cm³/mol. The SMILES string of the molecule is CCN(c1ccccc1)S(=O)(=O)c1cccnc1Cl. The molecule has 0 fully saturated rings. The number of anilines is 1. The number of pyridine rings is 1. The van der Waals surface area contributed by atoms with Crippen molar-refractivity contribution in [2.75, 3.05) is 10.8 Å². The first-order valence-electron chi connectivity index (χ1n) is 5.75. The van der Waals surface area contributed by atoms with E-state index in [1.807, 2.05) is 6.07 Å². The Hall–Kier alpha value is -1.59. The normalized spacial score (nSPS) is 11.3. The van der Waals surface area contributed by atoms with E-state index in [-0.39, 0.29) is 10.0 Å². The molecular formula is C13H13ClN2O2S. The highest BCUT2D eigenvalue weighted by molar-refractivity contribution is 7.93. The van der Waals surface area contributed by atoms with Crippen molar-refractivity contribution < 1.29 is 8.42 Å². The van der Waals surface area contributed by atoms with Crippen molar-refractivity contribution in [2.45, 2.75) is 11.8 Å². The quantitative estimate of drug-likeness (QED) is 0.815. The Bertz CT molecular complexity index is 659. The van der Waals surface area contributed by atoms with Crippen molar-refractivity contribution in [1.82, 2.24) is 4.98 Å². The Balaban J connectivity index is 2.52. The molecule has 0 aliphatic carbocycles. The van der Waals surface area contributed by atoms with Gasteiger partial charge in [0.15, 0.2) is 0 Å². The Morgan fingerprint density at radius 2 is 1.84 bits per heavy atom. The number of sulfonamides is 1. The van der Waals surface area contributed by atoms with Crippen molar-refractivity contribution in [1.29, 1.82) is 0 Å². The van der Waals surface area contributed by atoms with Crippen LogP contribution >= 0.6 is 11.6 Å². The second kappa shape index (κ2) is 5.59. The monoisotopic (exact) mass is 296 g/mol. The Labute approximate surface area is 117 Å². The predicted octanol–water partition coefficient (Wildman–Crippen LogP) is 2.95. The lowest BCUT2D eigenvalue weighted by Gasteiger charge is -2.23. The molecule has 0 bridgehead atoms. The lowest BCUT2D eigenvalue weighted by atomic mass is 10.3. The summed E-state index contributed by atoms with van der Waals surface area (Å²) in [5, 5.41) is -0.0168. The molecule has 0 amide bonds. The van der Waals surface area contributed by atoms with Crippen molar-refractivity contribution in [2.24, 2.45) is 0 Å². The van der Waals surface area contributed by atoms with Crippen molar-refractivity contribution >= 4 is 27.3 Å². The molecule has 0 N–H and O–H groups in total. The van der Waals surface area contributed by atoms with Crippen LogP contribution in [0.2, 0.25) is 5.15 Å². The van der Waals surface area contributed by atoms with E-state index in [0.717, 1.165) is 0 Å². The highest BCUT2D eigenvalue weighted by Crippen LogP contribution is 2.26. The molecule has 2 rings (SSSR count). The topological polar surface area (TPSA) is 50.3 Å². The Kier molecular flexibility index (Phi) is 4.07. The molecule has 19 heavy (non-hydrogen) atoms. The molecule has 1 aromatic heterocycles. The summed E-state index contributed by atoms with van der Waals surface area (Å²) in [4.78, 5) is 3.83. The van der Waals surface area contributed by atoms with Crippen LogP contribution in [0.4, 0.5) is 5.69 Å². The van der Waals surface area contributed by atoms with Crippen LogP contribution in [-0.4, -0.2) is 19.9 Å². The number of halogens is 1. The van der Waals surface area contributed by atoms with Gasteiger partial charge in [-0.05, 0) is 31.2 Å². The third-order valence-corrected chi connectivity index (χ3v) is 4.97. The van der Waals surface area contributed by atoms with Gasteiger partial charge >= 0.3 is 0 Å². The Morgan fingerprint density at radius 1 is 1.16 bits per heavy atom. The first-order chi connectivity index (χ1) is 9.07.